The lowest BCUT2D eigenvalue weighted by atomic mass is 10.1. The van der Waals surface area contributed by atoms with Crippen molar-refractivity contribution in [2.75, 3.05) is 5.73 Å². The Labute approximate surface area is 84.4 Å². The second kappa shape index (κ2) is 3.55. The van der Waals surface area contributed by atoms with Gasteiger partial charge in [0, 0.05) is 11.8 Å². The Hall–Kier alpha value is -1.75. The number of nitroso groups, excluding NO2 is 1. The van der Waals surface area contributed by atoms with Gasteiger partial charge in [-0.05, 0) is 11.2 Å². The minimum atomic E-state index is 0.413. The highest BCUT2D eigenvalue weighted by Crippen LogP contribution is 2.34. The van der Waals surface area contributed by atoms with E-state index in [4.69, 9.17) is 5.73 Å². The summed E-state index contributed by atoms with van der Waals surface area (Å²) in [5.74, 6) is 0. The highest BCUT2D eigenvalue weighted by molar-refractivity contribution is 7.18. The van der Waals surface area contributed by atoms with Crippen molar-refractivity contribution in [2.45, 2.75) is 0 Å². The molecule has 1 aromatic heterocycles. The lowest BCUT2D eigenvalue weighted by molar-refractivity contribution is 1.42. The van der Waals surface area contributed by atoms with Gasteiger partial charge in [-0.25, -0.2) is 4.98 Å². The Kier molecular flexibility index (Phi) is 2.24. The minimum Gasteiger partial charge on any atom is -0.375 e. The average Bonchev–Trinajstić information content (AvgIpc) is 2.65. The van der Waals surface area contributed by atoms with Crippen LogP contribution in [0.2, 0.25) is 0 Å². The molecule has 0 aliphatic rings. The van der Waals surface area contributed by atoms with E-state index in [1.807, 2.05) is 12.1 Å². The Bertz CT molecular complexity index is 467. The van der Waals surface area contributed by atoms with Gasteiger partial charge >= 0.3 is 0 Å². The van der Waals surface area contributed by atoms with Gasteiger partial charge < -0.3 is 5.73 Å². The SMILES string of the molecule is Nc1ncc(-c2ccccc2N=O)s1. The van der Waals surface area contributed by atoms with Crippen LogP contribution in [0.3, 0.4) is 0 Å². The first-order valence-electron chi connectivity index (χ1n) is 3.95. The van der Waals surface area contributed by atoms with Gasteiger partial charge in [0.15, 0.2) is 5.13 Å². The van der Waals surface area contributed by atoms with E-state index < -0.39 is 0 Å². The summed E-state index contributed by atoms with van der Waals surface area (Å²) in [4.78, 5) is 15.3. The monoisotopic (exact) mass is 205 g/mol. The maximum atomic E-state index is 10.5. The van der Waals surface area contributed by atoms with E-state index in [9.17, 15) is 4.91 Å². The highest BCUT2D eigenvalue weighted by atomic mass is 32.1. The smallest absolute Gasteiger partial charge is 0.180 e. The predicted octanol–water partition coefficient (Wildman–Crippen LogP) is 2.79. The molecule has 14 heavy (non-hydrogen) atoms. The normalized spacial score (nSPS) is 10.0. The van der Waals surface area contributed by atoms with Crippen LogP contribution in [0.15, 0.2) is 35.6 Å². The summed E-state index contributed by atoms with van der Waals surface area (Å²) in [7, 11) is 0. The molecule has 0 saturated heterocycles. The van der Waals surface area contributed by atoms with E-state index in [0.29, 0.717) is 10.8 Å². The quantitative estimate of drug-likeness (QED) is 0.766. The van der Waals surface area contributed by atoms with Gasteiger partial charge in [-0.3, -0.25) is 0 Å². The Morgan fingerprint density at radius 1 is 1.36 bits per heavy atom. The Morgan fingerprint density at radius 2 is 2.14 bits per heavy atom. The van der Waals surface area contributed by atoms with E-state index in [0.717, 1.165) is 10.4 Å². The summed E-state index contributed by atoms with van der Waals surface area (Å²) in [6.07, 6.45) is 1.64. The standard InChI is InChI=1S/C9H7N3OS/c10-9-11-5-8(14-9)6-3-1-2-4-7(6)12-13/h1-5H,(H2,10,11). The third-order valence-corrected chi connectivity index (χ3v) is 2.65. The lowest BCUT2D eigenvalue weighted by Gasteiger charge is -1.97. The third kappa shape index (κ3) is 1.49. The first-order valence-corrected chi connectivity index (χ1v) is 4.77. The molecule has 1 aromatic carbocycles. The molecule has 0 unspecified atom stereocenters. The molecule has 0 aliphatic heterocycles. The number of nitrogen functional groups attached to an aromatic ring is 1. The zero-order valence-electron chi connectivity index (χ0n) is 7.18. The van der Waals surface area contributed by atoms with Crippen molar-refractivity contribution in [1.82, 2.24) is 4.98 Å². The predicted molar refractivity (Wildman–Crippen MR) is 57.4 cm³/mol. The number of rotatable bonds is 2. The maximum absolute atomic E-state index is 10.5. The maximum Gasteiger partial charge on any atom is 0.180 e. The molecule has 70 valence electrons. The van der Waals surface area contributed by atoms with E-state index in [1.165, 1.54) is 11.3 Å². The highest BCUT2D eigenvalue weighted by Gasteiger charge is 2.07. The number of thiazole rings is 1. The van der Waals surface area contributed by atoms with Crippen molar-refractivity contribution in [3.05, 3.63) is 35.4 Å². The van der Waals surface area contributed by atoms with Crippen LogP contribution in [0.25, 0.3) is 10.4 Å². The first-order chi connectivity index (χ1) is 6.81. The van der Waals surface area contributed by atoms with Crippen LogP contribution in [0.1, 0.15) is 0 Å². The molecule has 0 atom stereocenters. The summed E-state index contributed by atoms with van der Waals surface area (Å²) in [6, 6.07) is 7.10. The van der Waals surface area contributed by atoms with Crippen LogP contribution in [0.5, 0.6) is 0 Å². The van der Waals surface area contributed by atoms with Crippen molar-refractivity contribution >= 4 is 22.2 Å². The first kappa shape index (κ1) is 8.83. The van der Waals surface area contributed by atoms with Crippen molar-refractivity contribution < 1.29 is 0 Å². The largest absolute Gasteiger partial charge is 0.375 e. The second-order valence-corrected chi connectivity index (χ2v) is 3.73. The summed E-state index contributed by atoms with van der Waals surface area (Å²) in [5.41, 5.74) is 6.69. The molecule has 2 rings (SSSR count). The molecule has 0 spiro atoms. The van der Waals surface area contributed by atoms with Crippen LogP contribution in [0, 0.1) is 4.91 Å². The van der Waals surface area contributed by atoms with E-state index in [1.54, 1.807) is 18.3 Å². The fourth-order valence-electron chi connectivity index (χ4n) is 1.17. The summed E-state index contributed by atoms with van der Waals surface area (Å²) in [6.45, 7) is 0. The number of hydrogen-bond acceptors (Lipinski definition) is 5. The van der Waals surface area contributed by atoms with Crippen LogP contribution >= 0.6 is 11.3 Å². The number of hydrogen-bond donors (Lipinski definition) is 1. The molecule has 1 heterocycles. The summed E-state index contributed by atoms with van der Waals surface area (Å²) >= 11 is 1.34. The van der Waals surface area contributed by atoms with Crippen molar-refractivity contribution in [2.24, 2.45) is 5.18 Å². The Balaban J connectivity index is 2.55. The molecule has 5 heteroatoms. The van der Waals surface area contributed by atoms with Gasteiger partial charge in [-0.2, -0.15) is 0 Å². The number of aromatic nitrogens is 1. The van der Waals surface area contributed by atoms with Gasteiger partial charge in [0.2, 0.25) is 0 Å². The van der Waals surface area contributed by atoms with Gasteiger partial charge in [-0.1, -0.05) is 29.5 Å². The zero-order valence-corrected chi connectivity index (χ0v) is 7.99. The number of benzene rings is 1. The topological polar surface area (TPSA) is 68.3 Å². The zero-order chi connectivity index (χ0) is 9.97. The summed E-state index contributed by atoms with van der Waals surface area (Å²) in [5, 5.41) is 3.43. The van der Waals surface area contributed by atoms with Crippen LogP contribution in [0.4, 0.5) is 10.8 Å². The molecule has 0 bridgehead atoms. The molecule has 4 nitrogen and oxygen atoms in total. The molecule has 0 saturated carbocycles. The second-order valence-electron chi connectivity index (χ2n) is 2.67. The number of nitrogens with zero attached hydrogens (tertiary/aromatic N) is 2. The van der Waals surface area contributed by atoms with E-state index in [-0.39, 0.29) is 0 Å². The van der Waals surface area contributed by atoms with Gasteiger partial charge in [0.1, 0.15) is 5.69 Å². The van der Waals surface area contributed by atoms with E-state index >= 15 is 0 Å². The van der Waals surface area contributed by atoms with Crippen LogP contribution in [-0.4, -0.2) is 4.98 Å². The minimum absolute atomic E-state index is 0.413. The third-order valence-electron chi connectivity index (χ3n) is 1.79. The molecular weight excluding hydrogens is 198 g/mol. The Morgan fingerprint density at radius 3 is 2.79 bits per heavy atom. The molecular formula is C9H7N3OS. The number of anilines is 1. The van der Waals surface area contributed by atoms with Crippen molar-refractivity contribution in [3.8, 4) is 10.4 Å². The van der Waals surface area contributed by atoms with Gasteiger partial charge in [0.05, 0.1) is 4.88 Å². The molecule has 0 radical (unpaired) electrons. The van der Waals surface area contributed by atoms with Crippen LogP contribution < -0.4 is 5.73 Å². The van der Waals surface area contributed by atoms with Gasteiger partial charge in [0.25, 0.3) is 0 Å². The summed E-state index contributed by atoms with van der Waals surface area (Å²) < 4.78 is 0. The van der Waals surface area contributed by atoms with E-state index in [2.05, 4.69) is 10.2 Å². The fraction of sp³-hybridized carbons (Fsp3) is 0. The molecule has 2 aromatic rings. The average molecular weight is 205 g/mol. The molecule has 0 amide bonds. The molecule has 0 aliphatic carbocycles. The van der Waals surface area contributed by atoms with Crippen LogP contribution in [-0.2, 0) is 0 Å². The molecule has 0 fully saturated rings. The van der Waals surface area contributed by atoms with Crippen molar-refractivity contribution in [3.63, 3.8) is 0 Å². The van der Waals surface area contributed by atoms with Crippen molar-refractivity contribution in [1.29, 1.82) is 0 Å². The fourth-order valence-corrected chi connectivity index (χ4v) is 1.89. The number of nitrogens with two attached hydrogens (primary N) is 1. The van der Waals surface area contributed by atoms with Gasteiger partial charge in [-0.15, -0.1) is 4.91 Å². The molecule has 2 N–H and O–H groups in total. The lowest BCUT2D eigenvalue weighted by Crippen LogP contribution is -1.77.